The molecule has 0 spiro atoms. The van der Waals surface area contributed by atoms with Crippen LogP contribution in [0.25, 0.3) is 12.2 Å². The predicted octanol–water partition coefficient (Wildman–Crippen LogP) is 1.99. The first-order chi connectivity index (χ1) is 13.0. The molecule has 0 saturated heterocycles. The van der Waals surface area contributed by atoms with Crippen LogP contribution in [0.15, 0.2) is 23.5 Å². The molecule has 27 heavy (non-hydrogen) atoms. The Labute approximate surface area is 167 Å². The molecule has 0 saturated carbocycles. The lowest BCUT2D eigenvalue weighted by Gasteiger charge is -2.26. The summed E-state index contributed by atoms with van der Waals surface area (Å²) in [5, 5.41) is 12.0. The molecule has 3 atom stereocenters. The molecule has 0 radical (unpaired) electrons. The van der Waals surface area contributed by atoms with Crippen LogP contribution in [0.3, 0.4) is 0 Å². The van der Waals surface area contributed by atoms with Gasteiger partial charge in [0.15, 0.2) is 5.16 Å². The van der Waals surface area contributed by atoms with Crippen molar-refractivity contribution in [2.45, 2.75) is 36.2 Å². The largest absolute Gasteiger partial charge is 0.481 e. The lowest BCUT2D eigenvalue weighted by Crippen LogP contribution is -2.30. The number of carbonyl (C=O) groups is 1. The maximum atomic E-state index is 10.8. The predicted molar refractivity (Wildman–Crippen MR) is 107 cm³/mol. The summed E-state index contributed by atoms with van der Waals surface area (Å²) >= 11 is 8.02. The number of fused-ring (bicyclic) bond motifs is 3. The van der Waals surface area contributed by atoms with E-state index in [1.807, 2.05) is 6.07 Å². The van der Waals surface area contributed by atoms with E-state index in [9.17, 15) is 4.79 Å². The van der Waals surface area contributed by atoms with Gasteiger partial charge in [-0.25, -0.2) is 9.97 Å². The third-order valence-corrected chi connectivity index (χ3v) is 6.69. The molecule has 1 N–H and O–H groups in total. The van der Waals surface area contributed by atoms with Crippen LogP contribution in [0.1, 0.15) is 24.2 Å². The number of hydrogen-bond acceptors (Lipinski definition) is 4. The molecular formula is C20H22ClN3O2S. The Bertz CT molecular complexity index is 988. The molecule has 2 aliphatic carbocycles. The zero-order chi connectivity index (χ0) is 19.0. The maximum absolute atomic E-state index is 10.8. The van der Waals surface area contributed by atoms with Crippen LogP contribution in [0, 0.1) is 11.8 Å². The molecule has 0 amide bonds. The number of aryl methyl sites for hydroxylation is 1. The first kappa shape index (κ1) is 18.6. The van der Waals surface area contributed by atoms with Gasteiger partial charge in [0.25, 0.3) is 0 Å². The van der Waals surface area contributed by atoms with E-state index in [2.05, 4.69) is 46.0 Å². The van der Waals surface area contributed by atoms with Gasteiger partial charge in [0.1, 0.15) is 0 Å². The molecule has 0 aromatic carbocycles. The Morgan fingerprint density at radius 3 is 2.93 bits per heavy atom. The zero-order valence-corrected chi connectivity index (χ0v) is 16.7. The van der Waals surface area contributed by atoms with Crippen LogP contribution in [0.2, 0.25) is 0 Å². The fraction of sp³-hybridized carbons (Fsp3) is 0.450. The highest BCUT2D eigenvalue weighted by Gasteiger charge is 2.31. The number of thioether (sulfide) groups is 1. The molecule has 2 aromatic rings. The third-order valence-electron chi connectivity index (χ3n) is 5.38. The SMILES string of the molecule is Cn1ccc2c1=CCCC(C1Cc3cc(nc(SCC(=O)O)n3)CC1Cl)C=2. The lowest BCUT2D eigenvalue weighted by atomic mass is 9.82. The molecule has 2 bridgehead atoms. The number of aliphatic carboxylic acids is 1. The second-order valence-corrected chi connectivity index (χ2v) is 8.79. The topological polar surface area (TPSA) is 68.0 Å². The second-order valence-electron chi connectivity index (χ2n) is 7.28. The minimum atomic E-state index is -0.860. The normalized spacial score (nSPS) is 24.1. The molecule has 3 unspecified atom stereocenters. The molecule has 4 rings (SSSR count). The van der Waals surface area contributed by atoms with Crippen molar-refractivity contribution in [2.24, 2.45) is 18.9 Å². The molecule has 0 fully saturated rings. The maximum Gasteiger partial charge on any atom is 0.313 e. The van der Waals surface area contributed by atoms with E-state index in [4.69, 9.17) is 16.7 Å². The summed E-state index contributed by atoms with van der Waals surface area (Å²) in [6.07, 6.45) is 10.4. The molecule has 142 valence electrons. The fourth-order valence-electron chi connectivity index (χ4n) is 4.10. The van der Waals surface area contributed by atoms with Crippen LogP contribution in [0.5, 0.6) is 0 Å². The summed E-state index contributed by atoms with van der Waals surface area (Å²) in [5.74, 6) is -0.211. The Hall–Kier alpha value is -1.79. The van der Waals surface area contributed by atoms with Crippen LogP contribution in [-0.4, -0.2) is 36.7 Å². The Morgan fingerprint density at radius 2 is 2.15 bits per heavy atom. The number of alkyl halides is 1. The average Bonchev–Trinajstić information content (AvgIpc) is 2.80. The number of halogens is 1. The van der Waals surface area contributed by atoms with Gasteiger partial charge in [0.2, 0.25) is 0 Å². The number of rotatable bonds is 4. The molecule has 2 heterocycles. The highest BCUT2D eigenvalue weighted by atomic mass is 35.5. The van der Waals surface area contributed by atoms with Crippen LogP contribution in [0.4, 0.5) is 0 Å². The van der Waals surface area contributed by atoms with Crippen molar-refractivity contribution in [3.05, 3.63) is 40.3 Å². The minimum Gasteiger partial charge on any atom is -0.481 e. The Balaban J connectivity index is 1.62. The van der Waals surface area contributed by atoms with E-state index in [1.54, 1.807) is 0 Å². The first-order valence-corrected chi connectivity index (χ1v) is 10.6. The number of nitrogens with zero attached hydrogens (tertiary/aromatic N) is 3. The van der Waals surface area contributed by atoms with Gasteiger partial charge in [-0.2, -0.15) is 0 Å². The van der Waals surface area contributed by atoms with Crippen LogP contribution < -0.4 is 10.6 Å². The van der Waals surface area contributed by atoms with Gasteiger partial charge in [-0.05, 0) is 48.4 Å². The van der Waals surface area contributed by atoms with E-state index < -0.39 is 5.97 Å². The summed E-state index contributed by atoms with van der Waals surface area (Å²) in [5.41, 5.74) is 1.88. The summed E-state index contributed by atoms with van der Waals surface area (Å²) in [6.45, 7) is 0. The number of carboxylic acid groups (broad SMARTS) is 1. The lowest BCUT2D eigenvalue weighted by molar-refractivity contribution is -0.133. The van der Waals surface area contributed by atoms with Gasteiger partial charge >= 0.3 is 5.97 Å². The van der Waals surface area contributed by atoms with Crippen LogP contribution in [-0.2, 0) is 24.7 Å². The molecular weight excluding hydrogens is 382 g/mol. The van der Waals surface area contributed by atoms with E-state index in [0.717, 1.165) is 30.7 Å². The Kier molecular flexibility index (Phi) is 5.28. The third kappa shape index (κ3) is 4.06. The summed E-state index contributed by atoms with van der Waals surface area (Å²) in [7, 11) is 2.08. The van der Waals surface area contributed by atoms with Crippen molar-refractivity contribution in [3.8, 4) is 0 Å². The van der Waals surface area contributed by atoms with Gasteiger partial charge in [-0.3, -0.25) is 4.79 Å². The second kappa shape index (κ2) is 7.68. The van der Waals surface area contributed by atoms with Crippen molar-refractivity contribution >= 4 is 41.5 Å². The van der Waals surface area contributed by atoms with Crippen LogP contribution >= 0.6 is 23.4 Å². The summed E-state index contributed by atoms with van der Waals surface area (Å²) in [6, 6.07) is 4.20. The van der Waals surface area contributed by atoms with Gasteiger partial charge < -0.3 is 9.67 Å². The van der Waals surface area contributed by atoms with Gasteiger partial charge in [-0.15, -0.1) is 11.6 Å². The molecule has 5 nitrogen and oxygen atoms in total. The molecule has 7 heteroatoms. The number of carboxylic acids is 1. The van der Waals surface area contributed by atoms with Crippen molar-refractivity contribution in [3.63, 3.8) is 0 Å². The van der Waals surface area contributed by atoms with Gasteiger partial charge in [0.05, 0.1) is 5.75 Å². The molecule has 0 aliphatic heterocycles. The highest BCUT2D eigenvalue weighted by Crippen LogP contribution is 2.34. The smallest absolute Gasteiger partial charge is 0.313 e. The van der Waals surface area contributed by atoms with Crippen molar-refractivity contribution < 1.29 is 9.90 Å². The molecule has 2 aromatic heterocycles. The summed E-state index contributed by atoms with van der Waals surface area (Å²) < 4.78 is 2.17. The monoisotopic (exact) mass is 403 g/mol. The van der Waals surface area contributed by atoms with E-state index in [0.29, 0.717) is 17.5 Å². The first-order valence-electron chi connectivity index (χ1n) is 9.18. The zero-order valence-electron chi connectivity index (χ0n) is 15.1. The van der Waals surface area contributed by atoms with E-state index >= 15 is 0 Å². The Morgan fingerprint density at radius 1 is 1.37 bits per heavy atom. The van der Waals surface area contributed by atoms with Gasteiger partial charge in [0, 0.05) is 41.8 Å². The highest BCUT2D eigenvalue weighted by molar-refractivity contribution is 7.99. The van der Waals surface area contributed by atoms with Gasteiger partial charge in [-0.1, -0.05) is 23.9 Å². The fourth-order valence-corrected chi connectivity index (χ4v) is 5.15. The van der Waals surface area contributed by atoms with Crippen molar-refractivity contribution in [1.82, 2.24) is 14.5 Å². The standard InChI is InChI=1S/C20H22ClN3O2S/c1-24-6-5-13-7-12(3-2-4-18(13)24)16-9-14-8-15(10-17(16)21)23-20(22-14)27-11-19(25)26/h4-8,12,16-17H,2-3,9-11H2,1H3,(H,25,26). The number of aromatic nitrogens is 3. The van der Waals surface area contributed by atoms with Crippen molar-refractivity contribution in [2.75, 3.05) is 5.75 Å². The minimum absolute atomic E-state index is 0.0111. The van der Waals surface area contributed by atoms with Crippen molar-refractivity contribution in [1.29, 1.82) is 0 Å². The summed E-state index contributed by atoms with van der Waals surface area (Å²) in [4.78, 5) is 19.9. The van der Waals surface area contributed by atoms with E-state index in [-0.39, 0.29) is 17.0 Å². The average molecular weight is 404 g/mol. The number of hydrogen-bond donors (Lipinski definition) is 1. The van der Waals surface area contributed by atoms with E-state index in [1.165, 1.54) is 22.3 Å². The molecule has 2 aliphatic rings. The quantitative estimate of drug-likeness (QED) is 0.480.